The van der Waals surface area contributed by atoms with Gasteiger partial charge in [0.15, 0.2) is 5.82 Å². The van der Waals surface area contributed by atoms with Gasteiger partial charge >= 0.3 is 5.76 Å². The van der Waals surface area contributed by atoms with Crippen LogP contribution in [0.25, 0.3) is 0 Å². The Hall–Kier alpha value is -3.55. The molecule has 13 heteroatoms. The van der Waals surface area contributed by atoms with Crippen molar-refractivity contribution in [1.29, 1.82) is 0 Å². The fourth-order valence-corrected chi connectivity index (χ4v) is 5.36. The summed E-state index contributed by atoms with van der Waals surface area (Å²) >= 11 is 3.32. The highest BCUT2D eigenvalue weighted by atomic mass is 79.9. The van der Waals surface area contributed by atoms with Crippen LogP contribution in [0.4, 0.5) is 17.4 Å². The summed E-state index contributed by atoms with van der Waals surface area (Å²) in [6, 6.07) is 18.7. The molecule has 4 aromatic rings. The normalized spacial score (nSPS) is 11.8. The topological polar surface area (TPSA) is 140 Å². The Labute approximate surface area is 216 Å². The van der Waals surface area contributed by atoms with Crippen molar-refractivity contribution in [2.45, 2.75) is 23.6 Å². The van der Waals surface area contributed by atoms with E-state index in [-0.39, 0.29) is 15.6 Å². The van der Waals surface area contributed by atoms with Gasteiger partial charge in [0.25, 0.3) is 25.9 Å². The summed E-state index contributed by atoms with van der Waals surface area (Å²) in [7, 11) is -8.41. The second-order valence-electron chi connectivity index (χ2n) is 7.84. The van der Waals surface area contributed by atoms with Crippen molar-refractivity contribution < 1.29 is 21.3 Å². The van der Waals surface area contributed by atoms with E-state index in [0.29, 0.717) is 10.4 Å². The fraction of sp³-hybridized carbons (Fsp3) is 0.0870. The Morgan fingerprint density at radius 1 is 0.750 bits per heavy atom. The highest BCUT2D eigenvalue weighted by molar-refractivity contribution is 9.10. The van der Waals surface area contributed by atoms with Crippen LogP contribution in [-0.2, 0) is 20.0 Å². The monoisotopic (exact) mass is 592 g/mol. The molecule has 0 fully saturated rings. The molecule has 0 radical (unpaired) electrons. The number of aromatic nitrogens is 1. The first-order chi connectivity index (χ1) is 16.9. The highest BCUT2D eigenvalue weighted by Crippen LogP contribution is 2.28. The van der Waals surface area contributed by atoms with E-state index in [2.05, 4.69) is 30.8 Å². The van der Waals surface area contributed by atoms with Gasteiger partial charge < -0.3 is 9.73 Å². The lowest BCUT2D eigenvalue weighted by atomic mass is 10.2. The molecule has 0 aliphatic rings. The number of anilines is 3. The zero-order valence-electron chi connectivity index (χ0n) is 19.0. The van der Waals surface area contributed by atoms with Gasteiger partial charge in [-0.15, -0.1) is 0 Å². The summed E-state index contributed by atoms with van der Waals surface area (Å²) in [5, 5.41) is 2.85. The number of nitrogens with zero attached hydrogens (tertiary/aromatic N) is 1. The van der Waals surface area contributed by atoms with Gasteiger partial charge in [0.2, 0.25) is 0 Å². The number of sulfonamides is 2. The number of benzene rings is 3. The standard InChI is InChI=1S/C23H21BrN4O6S2/c1-15-3-11-19(12-4-15)35(30,31)26-22-21(25-18-9-7-17(24)8-10-18)28(23(29)34-22)27-36(32,33)20-13-5-16(2)6-14-20/h3-14,25-27H,1-2H3. The smallest absolute Gasteiger partial charge is 0.387 e. The quantitative estimate of drug-likeness (QED) is 0.277. The maximum absolute atomic E-state index is 13.0. The lowest BCUT2D eigenvalue weighted by Gasteiger charge is -2.13. The summed E-state index contributed by atoms with van der Waals surface area (Å²) in [6.45, 7) is 3.61. The Morgan fingerprint density at radius 2 is 1.25 bits per heavy atom. The molecular weight excluding hydrogens is 572 g/mol. The third-order valence-corrected chi connectivity index (χ3v) is 8.21. The average molecular weight is 593 g/mol. The van der Waals surface area contributed by atoms with Gasteiger partial charge in [0.05, 0.1) is 9.79 Å². The number of hydrogen-bond acceptors (Lipinski definition) is 7. The van der Waals surface area contributed by atoms with Crippen molar-refractivity contribution in [3.05, 3.63) is 98.9 Å². The molecule has 4 rings (SSSR count). The number of hydrogen-bond donors (Lipinski definition) is 3. The Morgan fingerprint density at radius 3 is 1.78 bits per heavy atom. The second-order valence-corrected chi connectivity index (χ2v) is 12.1. The minimum Gasteiger partial charge on any atom is -0.387 e. The predicted octanol–water partition coefficient (Wildman–Crippen LogP) is 4.30. The SMILES string of the molecule is Cc1ccc(S(=O)(=O)Nc2oc(=O)n(NS(=O)(=O)c3ccc(C)cc3)c2Nc2ccc(Br)cc2)cc1. The first kappa shape index (κ1) is 25.5. The molecule has 1 aromatic heterocycles. The van der Waals surface area contributed by atoms with Gasteiger partial charge in [-0.1, -0.05) is 51.3 Å². The van der Waals surface area contributed by atoms with E-state index in [1.54, 1.807) is 55.5 Å². The Kier molecular flexibility index (Phi) is 6.98. The summed E-state index contributed by atoms with van der Waals surface area (Å²) in [4.78, 5) is 14.7. The molecule has 188 valence electrons. The van der Waals surface area contributed by atoms with E-state index in [0.717, 1.165) is 15.6 Å². The molecule has 1 heterocycles. The molecule has 0 amide bonds. The van der Waals surface area contributed by atoms with Crippen LogP contribution in [0.2, 0.25) is 0 Å². The van der Waals surface area contributed by atoms with E-state index >= 15 is 0 Å². The summed E-state index contributed by atoms with van der Waals surface area (Å²) < 4.78 is 60.6. The first-order valence-corrected chi connectivity index (χ1v) is 14.2. The molecule has 0 aliphatic heterocycles. The van der Waals surface area contributed by atoms with Gasteiger partial charge in [-0.3, -0.25) is 0 Å². The summed E-state index contributed by atoms with van der Waals surface area (Å²) in [6.07, 6.45) is 0. The van der Waals surface area contributed by atoms with Crippen LogP contribution >= 0.6 is 15.9 Å². The van der Waals surface area contributed by atoms with Crippen LogP contribution in [0.3, 0.4) is 0 Å². The molecule has 0 saturated carbocycles. The second kappa shape index (κ2) is 9.84. The van der Waals surface area contributed by atoms with Crippen molar-refractivity contribution in [1.82, 2.24) is 4.68 Å². The molecule has 0 spiro atoms. The van der Waals surface area contributed by atoms with Crippen LogP contribution in [0.1, 0.15) is 11.1 Å². The van der Waals surface area contributed by atoms with E-state index in [1.165, 1.54) is 24.3 Å². The van der Waals surface area contributed by atoms with Crippen LogP contribution in [0.5, 0.6) is 0 Å². The third-order valence-electron chi connectivity index (χ3n) is 5.02. The van der Waals surface area contributed by atoms with E-state index < -0.39 is 31.7 Å². The number of rotatable bonds is 8. The number of oxazole rings is 1. The lowest BCUT2D eigenvalue weighted by molar-refractivity contribution is 0.510. The molecule has 0 atom stereocenters. The molecule has 0 unspecified atom stereocenters. The van der Waals surface area contributed by atoms with Gasteiger partial charge in [-0.05, 0) is 62.4 Å². The molecule has 0 aliphatic carbocycles. The number of halogens is 1. The van der Waals surface area contributed by atoms with Crippen LogP contribution < -0.4 is 20.6 Å². The first-order valence-electron chi connectivity index (χ1n) is 10.4. The van der Waals surface area contributed by atoms with Crippen molar-refractivity contribution in [3.8, 4) is 0 Å². The molecule has 0 bridgehead atoms. The fourth-order valence-electron chi connectivity index (χ4n) is 3.10. The van der Waals surface area contributed by atoms with Crippen LogP contribution in [0, 0.1) is 13.8 Å². The Bertz CT molecular complexity index is 1660. The predicted molar refractivity (Wildman–Crippen MR) is 140 cm³/mol. The molecular formula is C23H21BrN4O6S2. The van der Waals surface area contributed by atoms with Crippen molar-refractivity contribution in [3.63, 3.8) is 0 Å². The molecule has 3 aromatic carbocycles. The van der Waals surface area contributed by atoms with Gasteiger partial charge in [-0.2, -0.15) is 13.1 Å². The molecule has 0 saturated heterocycles. The summed E-state index contributed by atoms with van der Waals surface area (Å²) in [5.74, 6) is -1.93. The van der Waals surface area contributed by atoms with E-state index in [1.807, 2.05) is 6.92 Å². The number of nitrogens with one attached hydrogen (secondary N) is 3. The van der Waals surface area contributed by atoms with Gasteiger partial charge in [-0.25, -0.2) is 22.8 Å². The maximum atomic E-state index is 13.0. The van der Waals surface area contributed by atoms with Crippen LogP contribution in [0.15, 0.2) is 96.3 Å². The minimum absolute atomic E-state index is 0.0710. The minimum atomic E-state index is -4.23. The average Bonchev–Trinajstić information content (AvgIpc) is 3.08. The molecule has 10 nitrogen and oxygen atoms in total. The highest BCUT2D eigenvalue weighted by Gasteiger charge is 2.26. The zero-order valence-corrected chi connectivity index (χ0v) is 22.2. The third kappa shape index (κ3) is 5.64. The lowest BCUT2D eigenvalue weighted by Crippen LogP contribution is -2.31. The van der Waals surface area contributed by atoms with Crippen molar-refractivity contribution in [2.75, 3.05) is 14.9 Å². The zero-order chi connectivity index (χ0) is 26.1. The van der Waals surface area contributed by atoms with Gasteiger partial charge in [0.1, 0.15) is 0 Å². The molecule has 36 heavy (non-hydrogen) atoms. The molecule has 3 N–H and O–H groups in total. The van der Waals surface area contributed by atoms with Gasteiger partial charge in [0, 0.05) is 10.2 Å². The van der Waals surface area contributed by atoms with Crippen molar-refractivity contribution in [2.24, 2.45) is 0 Å². The van der Waals surface area contributed by atoms with E-state index in [9.17, 15) is 21.6 Å². The largest absolute Gasteiger partial charge is 0.442 e. The van der Waals surface area contributed by atoms with Crippen molar-refractivity contribution >= 4 is 53.4 Å². The Balaban J connectivity index is 1.78. The van der Waals surface area contributed by atoms with E-state index in [4.69, 9.17) is 4.42 Å². The maximum Gasteiger partial charge on any atom is 0.442 e. The number of aryl methyl sites for hydroxylation is 2. The van der Waals surface area contributed by atoms with Crippen LogP contribution in [-0.4, -0.2) is 21.5 Å². The summed E-state index contributed by atoms with van der Waals surface area (Å²) in [5.41, 5.74) is 2.13.